The largest absolute Gasteiger partial charge is 0.454 e. The monoisotopic (exact) mass is 283 g/mol. The molecule has 1 aliphatic rings. The van der Waals surface area contributed by atoms with E-state index in [1.165, 1.54) is 6.07 Å². The Bertz CT molecular complexity index is 610. The number of fused-ring (bicyclic) bond motifs is 1. The van der Waals surface area contributed by atoms with E-state index in [0.717, 1.165) is 0 Å². The standard InChI is InChI=1S/C12H11ClFN3O2/c1-17-10(13)4-7(16-17)5-15-11-8(14)2-3-9-12(11)19-6-18-9/h2-4,15H,5-6H2,1H3. The molecule has 0 saturated heterocycles. The zero-order valence-electron chi connectivity index (χ0n) is 10.1. The highest BCUT2D eigenvalue weighted by atomic mass is 35.5. The van der Waals surface area contributed by atoms with Gasteiger partial charge in [0.15, 0.2) is 11.5 Å². The lowest BCUT2D eigenvalue weighted by Gasteiger charge is -2.08. The van der Waals surface area contributed by atoms with Crippen LogP contribution in [0.15, 0.2) is 18.2 Å². The molecule has 0 aliphatic carbocycles. The van der Waals surface area contributed by atoms with Crippen molar-refractivity contribution in [2.45, 2.75) is 6.54 Å². The first-order valence-corrected chi connectivity index (χ1v) is 6.03. The summed E-state index contributed by atoms with van der Waals surface area (Å²) in [6.45, 7) is 0.445. The zero-order chi connectivity index (χ0) is 13.4. The minimum atomic E-state index is -0.397. The number of anilines is 1. The molecule has 1 aromatic heterocycles. The third-order valence-corrected chi connectivity index (χ3v) is 3.16. The fraction of sp³-hybridized carbons (Fsp3) is 0.250. The first-order chi connectivity index (χ1) is 9.15. The van der Waals surface area contributed by atoms with Crippen LogP contribution in [0.1, 0.15) is 5.69 Å². The number of nitrogens with zero attached hydrogens (tertiary/aromatic N) is 2. The Kier molecular flexibility index (Phi) is 2.94. The van der Waals surface area contributed by atoms with Crippen LogP contribution in [0.4, 0.5) is 10.1 Å². The van der Waals surface area contributed by atoms with Gasteiger partial charge in [-0.3, -0.25) is 4.68 Å². The number of aromatic nitrogens is 2. The Morgan fingerprint density at radius 2 is 2.32 bits per heavy atom. The Balaban J connectivity index is 1.82. The molecule has 0 amide bonds. The fourth-order valence-corrected chi connectivity index (χ4v) is 2.04. The molecule has 0 fully saturated rings. The molecular weight excluding hydrogens is 273 g/mol. The van der Waals surface area contributed by atoms with Gasteiger partial charge in [0.2, 0.25) is 6.79 Å². The summed E-state index contributed by atoms with van der Waals surface area (Å²) in [5.41, 5.74) is 0.986. The molecule has 0 atom stereocenters. The second-order valence-electron chi connectivity index (χ2n) is 4.09. The van der Waals surface area contributed by atoms with Crippen molar-refractivity contribution < 1.29 is 13.9 Å². The maximum atomic E-state index is 13.8. The smallest absolute Gasteiger partial charge is 0.231 e. The Morgan fingerprint density at radius 1 is 1.47 bits per heavy atom. The van der Waals surface area contributed by atoms with Gasteiger partial charge < -0.3 is 14.8 Å². The number of nitrogens with one attached hydrogen (secondary N) is 1. The van der Waals surface area contributed by atoms with E-state index in [9.17, 15) is 4.39 Å². The van der Waals surface area contributed by atoms with E-state index < -0.39 is 5.82 Å². The predicted molar refractivity (Wildman–Crippen MR) is 68.1 cm³/mol. The summed E-state index contributed by atoms with van der Waals surface area (Å²) in [6, 6.07) is 4.59. The van der Waals surface area contributed by atoms with Gasteiger partial charge in [-0.25, -0.2) is 4.39 Å². The molecular formula is C12H11ClFN3O2. The lowest BCUT2D eigenvalue weighted by atomic mass is 10.2. The van der Waals surface area contributed by atoms with E-state index in [2.05, 4.69) is 10.4 Å². The summed E-state index contributed by atoms with van der Waals surface area (Å²) < 4.78 is 25.8. The summed E-state index contributed by atoms with van der Waals surface area (Å²) in [6.07, 6.45) is 0. The van der Waals surface area contributed by atoms with Gasteiger partial charge in [-0.15, -0.1) is 0 Å². The molecule has 7 heteroatoms. The maximum Gasteiger partial charge on any atom is 0.231 e. The molecule has 3 rings (SSSR count). The number of hydrogen-bond acceptors (Lipinski definition) is 4. The predicted octanol–water partition coefficient (Wildman–Crippen LogP) is 2.55. The van der Waals surface area contributed by atoms with Gasteiger partial charge in [-0.1, -0.05) is 11.6 Å². The molecule has 19 heavy (non-hydrogen) atoms. The normalized spacial score (nSPS) is 12.8. The highest BCUT2D eigenvalue weighted by Crippen LogP contribution is 2.40. The van der Waals surface area contributed by atoms with Crippen LogP contribution in [0.25, 0.3) is 0 Å². The summed E-state index contributed by atoms with van der Waals surface area (Å²) in [7, 11) is 1.74. The summed E-state index contributed by atoms with van der Waals surface area (Å²) in [5, 5.41) is 7.66. The van der Waals surface area contributed by atoms with E-state index in [-0.39, 0.29) is 12.5 Å². The van der Waals surface area contributed by atoms with Crippen LogP contribution >= 0.6 is 11.6 Å². The van der Waals surface area contributed by atoms with E-state index in [1.54, 1.807) is 23.9 Å². The molecule has 0 bridgehead atoms. The Hall–Kier alpha value is -1.95. The van der Waals surface area contributed by atoms with Gasteiger partial charge in [-0.2, -0.15) is 5.10 Å². The first-order valence-electron chi connectivity index (χ1n) is 5.65. The van der Waals surface area contributed by atoms with Gasteiger partial charge in [0.1, 0.15) is 16.7 Å². The second-order valence-corrected chi connectivity index (χ2v) is 4.48. The third kappa shape index (κ3) is 2.19. The van der Waals surface area contributed by atoms with Gasteiger partial charge in [0, 0.05) is 13.1 Å². The molecule has 1 aliphatic heterocycles. The maximum absolute atomic E-state index is 13.8. The molecule has 0 radical (unpaired) electrons. The molecule has 100 valence electrons. The minimum Gasteiger partial charge on any atom is -0.454 e. The number of aryl methyl sites for hydroxylation is 1. The van der Waals surface area contributed by atoms with Crippen molar-refractivity contribution in [1.82, 2.24) is 9.78 Å². The highest BCUT2D eigenvalue weighted by molar-refractivity contribution is 6.29. The van der Waals surface area contributed by atoms with Crippen LogP contribution in [-0.2, 0) is 13.6 Å². The van der Waals surface area contributed by atoms with Crippen LogP contribution in [-0.4, -0.2) is 16.6 Å². The molecule has 0 unspecified atom stereocenters. The van der Waals surface area contributed by atoms with E-state index in [4.69, 9.17) is 21.1 Å². The third-order valence-electron chi connectivity index (χ3n) is 2.81. The average Bonchev–Trinajstić information content (AvgIpc) is 2.96. The number of hydrogen-bond donors (Lipinski definition) is 1. The van der Waals surface area contributed by atoms with Crippen LogP contribution < -0.4 is 14.8 Å². The molecule has 1 aromatic carbocycles. The molecule has 2 heterocycles. The molecule has 0 spiro atoms. The summed E-state index contributed by atoms with van der Waals surface area (Å²) in [4.78, 5) is 0. The van der Waals surface area contributed by atoms with Crippen molar-refractivity contribution in [2.24, 2.45) is 7.05 Å². The Morgan fingerprint density at radius 3 is 3.05 bits per heavy atom. The number of halogens is 2. The topological polar surface area (TPSA) is 48.3 Å². The number of benzene rings is 1. The van der Waals surface area contributed by atoms with E-state index in [0.29, 0.717) is 28.9 Å². The fourth-order valence-electron chi connectivity index (χ4n) is 1.88. The van der Waals surface area contributed by atoms with Crippen molar-refractivity contribution in [1.29, 1.82) is 0 Å². The van der Waals surface area contributed by atoms with E-state index >= 15 is 0 Å². The first kappa shape index (κ1) is 12.1. The molecule has 0 saturated carbocycles. The van der Waals surface area contributed by atoms with Gasteiger partial charge >= 0.3 is 0 Å². The Labute approximate surface area is 113 Å². The molecule has 2 aromatic rings. The van der Waals surface area contributed by atoms with Crippen LogP contribution in [0, 0.1) is 5.82 Å². The van der Waals surface area contributed by atoms with E-state index in [1.807, 2.05) is 0 Å². The van der Waals surface area contributed by atoms with Crippen molar-refractivity contribution in [3.63, 3.8) is 0 Å². The van der Waals surface area contributed by atoms with Crippen LogP contribution in [0.3, 0.4) is 0 Å². The minimum absolute atomic E-state index is 0.100. The lowest BCUT2D eigenvalue weighted by Crippen LogP contribution is -2.04. The van der Waals surface area contributed by atoms with Gasteiger partial charge in [-0.05, 0) is 12.1 Å². The van der Waals surface area contributed by atoms with Gasteiger partial charge in [0.05, 0.1) is 12.2 Å². The highest BCUT2D eigenvalue weighted by Gasteiger charge is 2.21. The molecule has 1 N–H and O–H groups in total. The van der Waals surface area contributed by atoms with Crippen LogP contribution in [0.5, 0.6) is 11.5 Å². The SMILES string of the molecule is Cn1nc(CNc2c(F)ccc3c2OCO3)cc1Cl. The van der Waals surface area contributed by atoms with Crippen molar-refractivity contribution in [2.75, 3.05) is 12.1 Å². The number of ether oxygens (including phenoxy) is 2. The van der Waals surface area contributed by atoms with Crippen LogP contribution in [0.2, 0.25) is 5.15 Å². The lowest BCUT2D eigenvalue weighted by molar-refractivity contribution is 0.174. The summed E-state index contributed by atoms with van der Waals surface area (Å²) in [5.74, 6) is 0.524. The quantitative estimate of drug-likeness (QED) is 0.940. The van der Waals surface area contributed by atoms with Crippen molar-refractivity contribution in [3.8, 4) is 11.5 Å². The molecule has 5 nitrogen and oxygen atoms in total. The van der Waals surface area contributed by atoms with Gasteiger partial charge in [0.25, 0.3) is 0 Å². The van der Waals surface area contributed by atoms with Crippen molar-refractivity contribution in [3.05, 3.63) is 34.9 Å². The zero-order valence-corrected chi connectivity index (χ0v) is 10.9. The average molecular weight is 284 g/mol. The van der Waals surface area contributed by atoms with Crippen molar-refractivity contribution >= 4 is 17.3 Å². The second kappa shape index (κ2) is 4.62. The summed E-state index contributed by atoms with van der Waals surface area (Å²) >= 11 is 5.89. The number of rotatable bonds is 3.